The van der Waals surface area contributed by atoms with Gasteiger partial charge in [0.15, 0.2) is 0 Å². The van der Waals surface area contributed by atoms with E-state index in [2.05, 4.69) is 14.9 Å². The van der Waals surface area contributed by atoms with Crippen LogP contribution in [0.25, 0.3) is 10.2 Å². The Labute approximate surface area is 116 Å². The van der Waals surface area contributed by atoms with Gasteiger partial charge in [-0.25, -0.2) is 9.97 Å². The van der Waals surface area contributed by atoms with Gasteiger partial charge >= 0.3 is 0 Å². The third-order valence-electron chi connectivity index (χ3n) is 3.70. The standard InChI is InChI=1S/C13H18N4OS/c1-13(18)3-5-17(6-4-13)8-10-15-11(14)9-2-7-19-12(9)16-10/h2,7,18H,3-6,8H2,1H3,(H2,14,15,16). The van der Waals surface area contributed by atoms with Crippen LogP contribution >= 0.6 is 11.3 Å². The summed E-state index contributed by atoms with van der Waals surface area (Å²) in [4.78, 5) is 12.1. The van der Waals surface area contributed by atoms with Gasteiger partial charge in [-0.2, -0.15) is 0 Å². The zero-order chi connectivity index (χ0) is 13.5. The summed E-state index contributed by atoms with van der Waals surface area (Å²) in [6.07, 6.45) is 1.59. The van der Waals surface area contributed by atoms with E-state index in [0.717, 1.165) is 42.0 Å². The number of piperidine rings is 1. The number of hydrogen-bond acceptors (Lipinski definition) is 6. The van der Waals surface area contributed by atoms with Crippen LogP contribution < -0.4 is 5.73 Å². The van der Waals surface area contributed by atoms with Gasteiger partial charge in [-0.1, -0.05) is 0 Å². The predicted molar refractivity (Wildman–Crippen MR) is 77.0 cm³/mol. The highest BCUT2D eigenvalue weighted by molar-refractivity contribution is 7.16. The Morgan fingerprint density at radius 3 is 2.89 bits per heavy atom. The van der Waals surface area contributed by atoms with E-state index in [4.69, 9.17) is 5.73 Å². The monoisotopic (exact) mass is 278 g/mol. The van der Waals surface area contributed by atoms with Crippen molar-refractivity contribution in [3.05, 3.63) is 17.3 Å². The summed E-state index contributed by atoms with van der Waals surface area (Å²) in [5.41, 5.74) is 5.43. The number of aromatic nitrogens is 2. The number of nitrogen functional groups attached to an aromatic ring is 1. The number of aliphatic hydroxyl groups is 1. The fourth-order valence-electron chi connectivity index (χ4n) is 2.39. The topological polar surface area (TPSA) is 75.3 Å². The number of hydrogen-bond donors (Lipinski definition) is 2. The molecule has 19 heavy (non-hydrogen) atoms. The fraction of sp³-hybridized carbons (Fsp3) is 0.538. The van der Waals surface area contributed by atoms with Gasteiger partial charge in [-0.3, -0.25) is 4.90 Å². The van der Waals surface area contributed by atoms with E-state index in [0.29, 0.717) is 12.4 Å². The molecule has 0 amide bonds. The Morgan fingerprint density at radius 1 is 1.42 bits per heavy atom. The molecule has 1 aliphatic rings. The molecule has 3 heterocycles. The number of rotatable bonds is 2. The Bertz CT molecular complexity index is 585. The molecule has 3 rings (SSSR count). The maximum Gasteiger partial charge on any atom is 0.146 e. The van der Waals surface area contributed by atoms with E-state index in [1.807, 2.05) is 18.4 Å². The Balaban J connectivity index is 1.75. The van der Waals surface area contributed by atoms with Crippen molar-refractivity contribution in [3.8, 4) is 0 Å². The maximum absolute atomic E-state index is 9.94. The van der Waals surface area contributed by atoms with E-state index in [9.17, 15) is 5.11 Å². The molecule has 0 atom stereocenters. The molecule has 0 spiro atoms. The van der Waals surface area contributed by atoms with Crippen molar-refractivity contribution in [1.82, 2.24) is 14.9 Å². The first-order valence-electron chi connectivity index (χ1n) is 6.48. The van der Waals surface area contributed by atoms with Crippen molar-refractivity contribution in [1.29, 1.82) is 0 Å². The Morgan fingerprint density at radius 2 is 2.16 bits per heavy atom. The fourth-order valence-corrected chi connectivity index (χ4v) is 3.18. The minimum atomic E-state index is -0.520. The summed E-state index contributed by atoms with van der Waals surface area (Å²) in [5, 5.41) is 12.9. The van der Waals surface area contributed by atoms with Gasteiger partial charge in [0.05, 0.1) is 17.5 Å². The molecule has 0 unspecified atom stereocenters. The van der Waals surface area contributed by atoms with Crippen molar-refractivity contribution >= 4 is 27.4 Å². The highest BCUT2D eigenvalue weighted by atomic mass is 32.1. The van der Waals surface area contributed by atoms with Gasteiger partial charge in [0.25, 0.3) is 0 Å². The smallest absolute Gasteiger partial charge is 0.146 e. The van der Waals surface area contributed by atoms with Crippen molar-refractivity contribution in [2.75, 3.05) is 18.8 Å². The van der Waals surface area contributed by atoms with E-state index >= 15 is 0 Å². The summed E-state index contributed by atoms with van der Waals surface area (Å²) in [7, 11) is 0. The lowest BCUT2D eigenvalue weighted by Gasteiger charge is -2.35. The number of anilines is 1. The second kappa shape index (κ2) is 4.70. The van der Waals surface area contributed by atoms with Crippen LogP contribution in [0.3, 0.4) is 0 Å². The van der Waals surface area contributed by atoms with E-state index in [-0.39, 0.29) is 0 Å². The lowest BCUT2D eigenvalue weighted by molar-refractivity contribution is -0.00784. The van der Waals surface area contributed by atoms with Crippen LogP contribution in [0.5, 0.6) is 0 Å². The van der Waals surface area contributed by atoms with Gasteiger partial charge in [-0.05, 0) is 31.2 Å². The van der Waals surface area contributed by atoms with Crippen LogP contribution in [-0.2, 0) is 6.54 Å². The number of likely N-dealkylation sites (tertiary alicyclic amines) is 1. The molecular formula is C13H18N4OS. The van der Waals surface area contributed by atoms with E-state index < -0.39 is 5.60 Å². The largest absolute Gasteiger partial charge is 0.390 e. The van der Waals surface area contributed by atoms with Gasteiger partial charge in [0, 0.05) is 13.1 Å². The van der Waals surface area contributed by atoms with Crippen molar-refractivity contribution in [3.63, 3.8) is 0 Å². The normalized spacial score (nSPS) is 19.9. The third-order valence-corrected chi connectivity index (χ3v) is 4.51. The molecule has 0 bridgehead atoms. The summed E-state index contributed by atoms with van der Waals surface area (Å²) < 4.78 is 0. The molecule has 1 aliphatic heterocycles. The molecular weight excluding hydrogens is 260 g/mol. The minimum Gasteiger partial charge on any atom is -0.390 e. The zero-order valence-corrected chi connectivity index (χ0v) is 11.8. The van der Waals surface area contributed by atoms with Crippen molar-refractivity contribution in [2.24, 2.45) is 0 Å². The predicted octanol–water partition coefficient (Wildman–Crippen LogP) is 1.62. The average molecular weight is 278 g/mol. The van der Waals surface area contributed by atoms with Gasteiger partial charge < -0.3 is 10.8 Å². The highest BCUT2D eigenvalue weighted by Crippen LogP contribution is 2.25. The molecule has 5 nitrogen and oxygen atoms in total. The number of nitrogens with zero attached hydrogens (tertiary/aromatic N) is 3. The van der Waals surface area contributed by atoms with Gasteiger partial charge in [0.1, 0.15) is 16.5 Å². The van der Waals surface area contributed by atoms with Crippen LogP contribution in [0.4, 0.5) is 5.82 Å². The first kappa shape index (κ1) is 12.8. The highest BCUT2D eigenvalue weighted by Gasteiger charge is 2.27. The molecule has 2 aromatic heterocycles. The third kappa shape index (κ3) is 2.70. The van der Waals surface area contributed by atoms with E-state index in [1.165, 1.54) is 0 Å². The van der Waals surface area contributed by atoms with Crippen molar-refractivity contribution < 1.29 is 5.11 Å². The van der Waals surface area contributed by atoms with Crippen LogP contribution in [-0.4, -0.2) is 38.7 Å². The summed E-state index contributed by atoms with van der Waals surface area (Å²) in [6, 6.07) is 1.96. The van der Waals surface area contributed by atoms with Gasteiger partial charge in [-0.15, -0.1) is 11.3 Å². The van der Waals surface area contributed by atoms with Crippen LogP contribution in [0, 0.1) is 0 Å². The van der Waals surface area contributed by atoms with Crippen LogP contribution in [0.1, 0.15) is 25.6 Å². The lowest BCUT2D eigenvalue weighted by atomic mass is 9.94. The first-order chi connectivity index (χ1) is 9.03. The Hall–Kier alpha value is -1.24. The molecule has 0 aromatic carbocycles. The van der Waals surface area contributed by atoms with Crippen LogP contribution in [0.2, 0.25) is 0 Å². The quantitative estimate of drug-likeness (QED) is 0.873. The number of nitrogens with two attached hydrogens (primary N) is 1. The molecule has 0 radical (unpaired) electrons. The van der Waals surface area contributed by atoms with E-state index in [1.54, 1.807) is 11.3 Å². The number of thiophene rings is 1. The molecule has 3 N–H and O–H groups in total. The van der Waals surface area contributed by atoms with Gasteiger partial charge in [0.2, 0.25) is 0 Å². The van der Waals surface area contributed by atoms with Crippen molar-refractivity contribution in [2.45, 2.75) is 31.9 Å². The molecule has 0 aliphatic carbocycles. The SMILES string of the molecule is CC1(O)CCN(Cc2nc(N)c3ccsc3n2)CC1. The second-order valence-electron chi connectivity index (χ2n) is 5.44. The number of fused-ring (bicyclic) bond motifs is 1. The molecule has 1 saturated heterocycles. The minimum absolute atomic E-state index is 0.520. The molecule has 6 heteroatoms. The average Bonchev–Trinajstić information content (AvgIpc) is 2.81. The maximum atomic E-state index is 9.94. The molecule has 2 aromatic rings. The molecule has 1 fully saturated rings. The summed E-state index contributed by atoms with van der Waals surface area (Å²) in [5.74, 6) is 1.33. The lowest BCUT2D eigenvalue weighted by Crippen LogP contribution is -2.42. The summed E-state index contributed by atoms with van der Waals surface area (Å²) in [6.45, 7) is 4.35. The van der Waals surface area contributed by atoms with Crippen LogP contribution in [0.15, 0.2) is 11.4 Å². The summed E-state index contributed by atoms with van der Waals surface area (Å²) >= 11 is 1.59. The molecule has 0 saturated carbocycles. The Kier molecular flexibility index (Phi) is 3.16. The zero-order valence-electron chi connectivity index (χ0n) is 11.0. The molecule has 102 valence electrons. The second-order valence-corrected chi connectivity index (χ2v) is 6.33. The first-order valence-corrected chi connectivity index (χ1v) is 7.36.